The van der Waals surface area contributed by atoms with Gasteiger partial charge in [-0.15, -0.1) is 0 Å². The Morgan fingerprint density at radius 3 is 2.11 bits per heavy atom. The normalized spacial score (nSPS) is 11.0. The molecule has 0 aliphatic carbocycles. The van der Waals surface area contributed by atoms with Crippen LogP contribution in [0, 0.1) is 0 Å². The zero-order chi connectivity index (χ0) is 19.3. The third-order valence-corrected chi connectivity index (χ3v) is 5.48. The highest BCUT2D eigenvalue weighted by Crippen LogP contribution is 2.21. The molecule has 138 valence electrons. The van der Waals surface area contributed by atoms with Crippen molar-refractivity contribution in [2.45, 2.75) is 11.3 Å². The molecular weight excluding hydrogens is 362 g/mol. The maximum Gasteiger partial charge on any atom is 0.339 e. The van der Waals surface area contributed by atoms with Gasteiger partial charge >= 0.3 is 5.97 Å². The largest absolute Gasteiger partial charge is 0.465 e. The predicted octanol–water partition coefficient (Wildman–Crippen LogP) is 3.86. The van der Waals surface area contributed by atoms with Gasteiger partial charge in [-0.25, -0.2) is 13.2 Å². The van der Waals surface area contributed by atoms with Crippen molar-refractivity contribution >= 4 is 21.7 Å². The number of sulfonamides is 1. The highest BCUT2D eigenvalue weighted by Gasteiger charge is 2.22. The SMILES string of the molecule is COC(=O)c1ccccc1S(=O)(=O)Nc1ccc(Cc2ccccc2)cc1. The van der Waals surface area contributed by atoms with Gasteiger partial charge in [0.15, 0.2) is 0 Å². The Labute approximate surface area is 158 Å². The molecule has 3 rings (SSSR count). The Balaban J connectivity index is 1.80. The number of benzene rings is 3. The summed E-state index contributed by atoms with van der Waals surface area (Å²) in [5, 5.41) is 0. The standard InChI is InChI=1S/C21H19NO4S/c1-26-21(23)19-9-5-6-10-20(19)27(24,25)22-18-13-11-17(12-14-18)15-16-7-3-2-4-8-16/h2-14,22H,15H2,1H3. The molecule has 0 spiro atoms. The quantitative estimate of drug-likeness (QED) is 0.658. The fourth-order valence-electron chi connectivity index (χ4n) is 2.71. The summed E-state index contributed by atoms with van der Waals surface area (Å²) in [6.07, 6.45) is 0.763. The van der Waals surface area contributed by atoms with Gasteiger partial charge in [0.25, 0.3) is 10.0 Å². The molecule has 0 heterocycles. The molecule has 27 heavy (non-hydrogen) atoms. The fraction of sp³-hybridized carbons (Fsp3) is 0.0952. The predicted molar refractivity (Wildman–Crippen MR) is 104 cm³/mol. The first-order valence-electron chi connectivity index (χ1n) is 8.32. The van der Waals surface area contributed by atoms with Crippen LogP contribution in [0.1, 0.15) is 21.5 Å². The lowest BCUT2D eigenvalue weighted by molar-refractivity contribution is 0.0596. The molecule has 6 heteroatoms. The molecule has 0 saturated heterocycles. The summed E-state index contributed by atoms with van der Waals surface area (Å²) in [6.45, 7) is 0. The zero-order valence-corrected chi connectivity index (χ0v) is 15.6. The van der Waals surface area contributed by atoms with Crippen molar-refractivity contribution in [1.82, 2.24) is 0 Å². The Morgan fingerprint density at radius 1 is 0.852 bits per heavy atom. The van der Waals surface area contributed by atoms with Crippen LogP contribution >= 0.6 is 0 Å². The highest BCUT2D eigenvalue weighted by molar-refractivity contribution is 7.92. The molecule has 0 saturated carbocycles. The number of hydrogen-bond donors (Lipinski definition) is 1. The van der Waals surface area contributed by atoms with E-state index in [-0.39, 0.29) is 10.5 Å². The summed E-state index contributed by atoms with van der Waals surface area (Å²) in [6, 6.07) is 23.1. The van der Waals surface area contributed by atoms with Gasteiger partial charge in [0.1, 0.15) is 4.90 Å². The smallest absolute Gasteiger partial charge is 0.339 e. The second-order valence-electron chi connectivity index (χ2n) is 5.95. The maximum atomic E-state index is 12.7. The van der Waals surface area contributed by atoms with E-state index in [2.05, 4.69) is 9.46 Å². The van der Waals surface area contributed by atoms with E-state index >= 15 is 0 Å². The van der Waals surface area contributed by atoms with E-state index in [1.165, 1.54) is 24.8 Å². The lowest BCUT2D eigenvalue weighted by Gasteiger charge is -2.11. The molecule has 0 unspecified atom stereocenters. The lowest BCUT2D eigenvalue weighted by atomic mass is 10.1. The van der Waals surface area contributed by atoms with Crippen LogP contribution in [0.3, 0.4) is 0 Å². The molecular formula is C21H19NO4S. The van der Waals surface area contributed by atoms with Crippen LogP contribution in [0.2, 0.25) is 0 Å². The number of carbonyl (C=O) groups is 1. The van der Waals surface area contributed by atoms with Gasteiger partial charge in [-0.1, -0.05) is 54.6 Å². The molecule has 0 aliphatic heterocycles. The first-order chi connectivity index (χ1) is 13.0. The Bertz CT molecular complexity index is 1030. The van der Waals surface area contributed by atoms with Crippen molar-refractivity contribution in [2.24, 2.45) is 0 Å². The first-order valence-corrected chi connectivity index (χ1v) is 9.81. The highest BCUT2D eigenvalue weighted by atomic mass is 32.2. The van der Waals surface area contributed by atoms with Crippen LogP contribution in [0.4, 0.5) is 5.69 Å². The van der Waals surface area contributed by atoms with Gasteiger partial charge in [-0.2, -0.15) is 0 Å². The Hall–Kier alpha value is -3.12. The number of methoxy groups -OCH3 is 1. The summed E-state index contributed by atoms with van der Waals surface area (Å²) >= 11 is 0. The molecule has 0 radical (unpaired) electrons. The second-order valence-corrected chi connectivity index (χ2v) is 7.60. The first kappa shape index (κ1) is 18.7. The number of ether oxygens (including phenoxy) is 1. The molecule has 0 amide bonds. The monoisotopic (exact) mass is 381 g/mol. The molecule has 3 aromatic rings. The summed E-state index contributed by atoms with van der Waals surface area (Å²) < 4.78 is 32.6. The van der Waals surface area contributed by atoms with Gasteiger partial charge in [0.2, 0.25) is 0 Å². The number of anilines is 1. The molecule has 0 atom stereocenters. The van der Waals surface area contributed by atoms with Crippen molar-refractivity contribution in [3.63, 3.8) is 0 Å². The molecule has 0 fully saturated rings. The number of nitrogens with one attached hydrogen (secondary N) is 1. The topological polar surface area (TPSA) is 72.5 Å². The van der Waals surface area contributed by atoms with Gasteiger partial charge in [0, 0.05) is 5.69 Å². The fourth-order valence-corrected chi connectivity index (χ4v) is 3.97. The van der Waals surface area contributed by atoms with Gasteiger partial charge in [-0.3, -0.25) is 4.72 Å². The minimum absolute atomic E-state index is 0.00630. The zero-order valence-electron chi connectivity index (χ0n) is 14.8. The minimum Gasteiger partial charge on any atom is -0.465 e. The maximum absolute atomic E-state index is 12.7. The minimum atomic E-state index is -3.92. The van der Waals surface area contributed by atoms with Crippen molar-refractivity contribution in [3.8, 4) is 0 Å². The summed E-state index contributed by atoms with van der Waals surface area (Å²) in [5.74, 6) is -0.700. The molecule has 3 aromatic carbocycles. The second kappa shape index (κ2) is 8.05. The van der Waals surface area contributed by atoms with Crippen LogP contribution < -0.4 is 4.72 Å². The summed E-state index contributed by atoms with van der Waals surface area (Å²) in [4.78, 5) is 11.7. The molecule has 0 aliphatic rings. The molecule has 0 aromatic heterocycles. The molecule has 5 nitrogen and oxygen atoms in total. The van der Waals surface area contributed by atoms with Crippen LogP contribution in [0.25, 0.3) is 0 Å². The van der Waals surface area contributed by atoms with Crippen molar-refractivity contribution in [2.75, 3.05) is 11.8 Å². The third-order valence-electron chi connectivity index (χ3n) is 4.04. The lowest BCUT2D eigenvalue weighted by Crippen LogP contribution is -2.17. The van der Waals surface area contributed by atoms with Crippen molar-refractivity contribution < 1.29 is 17.9 Å². The summed E-state index contributed by atoms with van der Waals surface area (Å²) in [7, 11) is -2.71. The van der Waals surface area contributed by atoms with Gasteiger partial charge < -0.3 is 4.74 Å². The number of esters is 1. The van der Waals surface area contributed by atoms with Crippen molar-refractivity contribution in [3.05, 3.63) is 95.6 Å². The third kappa shape index (κ3) is 4.54. The number of hydrogen-bond acceptors (Lipinski definition) is 4. The average Bonchev–Trinajstić information content (AvgIpc) is 2.69. The van der Waals surface area contributed by atoms with Crippen LogP contribution in [0.5, 0.6) is 0 Å². The summed E-state index contributed by atoms with van der Waals surface area (Å²) in [5.41, 5.74) is 2.66. The molecule has 0 bridgehead atoms. The van der Waals surface area contributed by atoms with Crippen LogP contribution in [0.15, 0.2) is 83.8 Å². The van der Waals surface area contributed by atoms with Crippen molar-refractivity contribution in [1.29, 1.82) is 0 Å². The van der Waals surface area contributed by atoms with Crippen LogP contribution in [-0.2, 0) is 21.2 Å². The number of carbonyl (C=O) groups excluding carboxylic acids is 1. The van der Waals surface area contributed by atoms with Gasteiger partial charge in [0.05, 0.1) is 12.7 Å². The van der Waals surface area contributed by atoms with E-state index in [4.69, 9.17) is 0 Å². The Morgan fingerprint density at radius 2 is 1.44 bits per heavy atom. The number of rotatable bonds is 6. The Kier molecular flexibility index (Phi) is 5.57. The van der Waals surface area contributed by atoms with Gasteiger partial charge in [-0.05, 0) is 41.8 Å². The van der Waals surface area contributed by atoms with E-state index in [9.17, 15) is 13.2 Å². The van der Waals surface area contributed by atoms with E-state index in [0.29, 0.717) is 5.69 Å². The van der Waals surface area contributed by atoms with E-state index in [0.717, 1.165) is 12.0 Å². The van der Waals surface area contributed by atoms with E-state index in [1.54, 1.807) is 24.3 Å². The van der Waals surface area contributed by atoms with E-state index in [1.807, 2.05) is 42.5 Å². The van der Waals surface area contributed by atoms with Crippen LogP contribution in [-0.4, -0.2) is 21.5 Å². The molecule has 1 N–H and O–H groups in total. The van der Waals surface area contributed by atoms with E-state index < -0.39 is 16.0 Å². The average molecular weight is 381 g/mol.